The lowest BCUT2D eigenvalue weighted by Crippen LogP contribution is -2.42. The first-order valence-electron chi connectivity index (χ1n) is 9.95. The second-order valence-corrected chi connectivity index (χ2v) is 8.60. The fraction of sp³-hybridized carbons (Fsp3) is 0.545. The Morgan fingerprint density at radius 3 is 2.73 bits per heavy atom. The summed E-state index contributed by atoms with van der Waals surface area (Å²) in [6.07, 6.45) is 3.58. The molecule has 4 rings (SSSR count). The number of benzene rings is 1. The van der Waals surface area contributed by atoms with Crippen molar-refractivity contribution in [2.45, 2.75) is 70.9 Å². The third kappa shape index (κ3) is 3.42. The molecule has 1 fully saturated rings. The zero-order valence-electron chi connectivity index (χ0n) is 16.4. The Hall–Kier alpha value is -2.10. The Labute approximate surface area is 157 Å². The number of rotatable bonds is 5. The molecule has 138 valence electrons. The number of aromatic nitrogens is 2. The molecule has 0 radical (unpaired) electrons. The fourth-order valence-corrected chi connectivity index (χ4v) is 3.89. The Morgan fingerprint density at radius 2 is 2.00 bits per heavy atom. The third-order valence-electron chi connectivity index (χ3n) is 5.73. The fourth-order valence-electron chi connectivity index (χ4n) is 3.89. The van der Waals surface area contributed by atoms with Gasteiger partial charge in [0.15, 0.2) is 0 Å². The normalized spacial score (nSPS) is 19.8. The molecule has 2 heterocycles. The van der Waals surface area contributed by atoms with E-state index in [1.807, 2.05) is 0 Å². The quantitative estimate of drug-likeness (QED) is 0.836. The standard InChI is InChI=1S/C22H30N4/c1-5-15(2)23-21-24-19(16-10-11-16)12-20(25-21)26-13-17-8-6-7-9-18(17)22(3,4)14-26/h6-9,12,15-16H,5,10-11,13-14H2,1-4H3,(H,23,24,25)/t15-/m1/s1. The predicted molar refractivity (Wildman–Crippen MR) is 108 cm³/mol. The number of nitrogens with one attached hydrogen (secondary N) is 1. The zero-order valence-corrected chi connectivity index (χ0v) is 16.4. The van der Waals surface area contributed by atoms with Crippen molar-refractivity contribution in [3.63, 3.8) is 0 Å². The van der Waals surface area contributed by atoms with Crippen LogP contribution in [0.1, 0.15) is 69.7 Å². The summed E-state index contributed by atoms with van der Waals surface area (Å²) in [5.74, 6) is 2.48. The van der Waals surface area contributed by atoms with E-state index in [1.54, 1.807) is 0 Å². The van der Waals surface area contributed by atoms with Crippen LogP contribution in [0, 0.1) is 0 Å². The average Bonchev–Trinajstić information content (AvgIpc) is 3.46. The number of hydrogen-bond acceptors (Lipinski definition) is 4. The Kier molecular flexibility index (Phi) is 4.37. The maximum absolute atomic E-state index is 4.90. The van der Waals surface area contributed by atoms with Crippen molar-refractivity contribution in [2.24, 2.45) is 0 Å². The predicted octanol–water partition coefficient (Wildman–Crippen LogP) is 4.86. The molecule has 1 saturated carbocycles. The molecule has 1 aliphatic heterocycles. The lowest BCUT2D eigenvalue weighted by molar-refractivity contribution is 0.474. The molecular weight excluding hydrogens is 320 g/mol. The monoisotopic (exact) mass is 350 g/mol. The first kappa shape index (κ1) is 17.3. The first-order chi connectivity index (χ1) is 12.5. The number of hydrogen-bond donors (Lipinski definition) is 1. The molecular formula is C22H30N4. The molecule has 1 aromatic heterocycles. The van der Waals surface area contributed by atoms with Gasteiger partial charge in [-0.2, -0.15) is 4.98 Å². The van der Waals surface area contributed by atoms with E-state index in [0.717, 1.165) is 31.3 Å². The summed E-state index contributed by atoms with van der Waals surface area (Å²) < 4.78 is 0. The second-order valence-electron chi connectivity index (χ2n) is 8.60. The van der Waals surface area contributed by atoms with Gasteiger partial charge in [-0.15, -0.1) is 0 Å². The summed E-state index contributed by atoms with van der Waals surface area (Å²) >= 11 is 0. The third-order valence-corrected chi connectivity index (χ3v) is 5.73. The Balaban J connectivity index is 1.69. The van der Waals surface area contributed by atoms with Crippen molar-refractivity contribution in [2.75, 3.05) is 16.8 Å². The Bertz CT molecular complexity index is 794. The van der Waals surface area contributed by atoms with Crippen LogP contribution in [0.25, 0.3) is 0 Å². The van der Waals surface area contributed by atoms with Crippen molar-refractivity contribution in [3.05, 3.63) is 47.2 Å². The highest BCUT2D eigenvalue weighted by Crippen LogP contribution is 2.41. The van der Waals surface area contributed by atoms with E-state index in [-0.39, 0.29) is 5.41 Å². The van der Waals surface area contributed by atoms with E-state index in [0.29, 0.717) is 12.0 Å². The van der Waals surface area contributed by atoms with Gasteiger partial charge in [0.25, 0.3) is 0 Å². The maximum Gasteiger partial charge on any atom is 0.225 e. The highest BCUT2D eigenvalue weighted by Gasteiger charge is 2.33. The van der Waals surface area contributed by atoms with Gasteiger partial charge in [0.2, 0.25) is 5.95 Å². The van der Waals surface area contributed by atoms with E-state index in [4.69, 9.17) is 9.97 Å². The summed E-state index contributed by atoms with van der Waals surface area (Å²) in [5.41, 5.74) is 4.19. The molecule has 1 aromatic carbocycles. The van der Waals surface area contributed by atoms with E-state index < -0.39 is 0 Å². The topological polar surface area (TPSA) is 41.1 Å². The second kappa shape index (κ2) is 6.57. The molecule has 2 aliphatic rings. The van der Waals surface area contributed by atoms with E-state index in [9.17, 15) is 0 Å². The van der Waals surface area contributed by atoms with Crippen LogP contribution in [-0.2, 0) is 12.0 Å². The van der Waals surface area contributed by atoms with Crippen molar-refractivity contribution >= 4 is 11.8 Å². The molecule has 0 amide bonds. The number of nitrogens with zero attached hydrogens (tertiary/aromatic N) is 3. The summed E-state index contributed by atoms with van der Waals surface area (Å²) in [6.45, 7) is 10.9. The van der Waals surface area contributed by atoms with Crippen molar-refractivity contribution in [3.8, 4) is 0 Å². The van der Waals surface area contributed by atoms with Crippen molar-refractivity contribution < 1.29 is 0 Å². The minimum atomic E-state index is 0.115. The highest BCUT2D eigenvalue weighted by molar-refractivity contribution is 5.51. The maximum atomic E-state index is 4.90. The van der Waals surface area contributed by atoms with Gasteiger partial charge in [-0.1, -0.05) is 45.0 Å². The van der Waals surface area contributed by atoms with Gasteiger partial charge in [0.1, 0.15) is 5.82 Å². The summed E-state index contributed by atoms with van der Waals surface area (Å²) in [6, 6.07) is 11.4. The molecule has 0 spiro atoms. The van der Waals surface area contributed by atoms with Gasteiger partial charge in [-0.25, -0.2) is 4.98 Å². The van der Waals surface area contributed by atoms with Gasteiger partial charge >= 0.3 is 0 Å². The molecule has 0 saturated heterocycles. The van der Waals surface area contributed by atoms with Gasteiger partial charge in [-0.05, 0) is 37.3 Å². The van der Waals surface area contributed by atoms with Gasteiger partial charge < -0.3 is 10.2 Å². The van der Waals surface area contributed by atoms with Crippen LogP contribution < -0.4 is 10.2 Å². The van der Waals surface area contributed by atoms with Crippen LogP contribution >= 0.6 is 0 Å². The largest absolute Gasteiger partial charge is 0.352 e. The van der Waals surface area contributed by atoms with Crippen LogP contribution in [0.3, 0.4) is 0 Å². The molecule has 0 bridgehead atoms. The lowest BCUT2D eigenvalue weighted by Gasteiger charge is -2.40. The number of fused-ring (bicyclic) bond motifs is 1. The van der Waals surface area contributed by atoms with Crippen LogP contribution in [0.5, 0.6) is 0 Å². The minimum Gasteiger partial charge on any atom is -0.352 e. The molecule has 1 aliphatic carbocycles. The van der Waals surface area contributed by atoms with Crippen LogP contribution in [-0.4, -0.2) is 22.6 Å². The molecule has 1 atom stereocenters. The van der Waals surface area contributed by atoms with Crippen LogP contribution in [0.15, 0.2) is 30.3 Å². The molecule has 0 unspecified atom stereocenters. The van der Waals surface area contributed by atoms with Crippen LogP contribution in [0.2, 0.25) is 0 Å². The summed E-state index contributed by atoms with van der Waals surface area (Å²) in [7, 11) is 0. The molecule has 4 nitrogen and oxygen atoms in total. The summed E-state index contributed by atoms with van der Waals surface area (Å²) in [5, 5.41) is 3.49. The van der Waals surface area contributed by atoms with E-state index >= 15 is 0 Å². The average molecular weight is 351 g/mol. The zero-order chi connectivity index (χ0) is 18.3. The smallest absolute Gasteiger partial charge is 0.225 e. The molecule has 2 aromatic rings. The lowest BCUT2D eigenvalue weighted by atomic mass is 9.78. The van der Waals surface area contributed by atoms with Crippen LogP contribution in [0.4, 0.5) is 11.8 Å². The minimum absolute atomic E-state index is 0.115. The first-order valence-corrected chi connectivity index (χ1v) is 9.95. The molecule has 1 N–H and O–H groups in total. The van der Waals surface area contributed by atoms with Gasteiger partial charge in [-0.3, -0.25) is 0 Å². The summed E-state index contributed by atoms with van der Waals surface area (Å²) in [4.78, 5) is 12.1. The van der Waals surface area contributed by atoms with Crippen molar-refractivity contribution in [1.29, 1.82) is 0 Å². The molecule has 4 heteroatoms. The van der Waals surface area contributed by atoms with Gasteiger partial charge in [0.05, 0.1) is 5.69 Å². The Morgan fingerprint density at radius 1 is 1.23 bits per heavy atom. The van der Waals surface area contributed by atoms with Crippen molar-refractivity contribution in [1.82, 2.24) is 9.97 Å². The van der Waals surface area contributed by atoms with Gasteiger partial charge in [0, 0.05) is 36.5 Å². The van der Waals surface area contributed by atoms with E-state index in [2.05, 4.69) is 68.2 Å². The highest BCUT2D eigenvalue weighted by atomic mass is 15.2. The molecule has 26 heavy (non-hydrogen) atoms. The van der Waals surface area contributed by atoms with E-state index in [1.165, 1.54) is 29.7 Å². The SMILES string of the molecule is CC[C@@H](C)Nc1nc(C2CC2)cc(N2Cc3ccccc3C(C)(C)C2)n1. The number of anilines is 2.